The molecule has 0 saturated heterocycles. The second-order valence-corrected chi connectivity index (χ2v) is 6.52. The lowest BCUT2D eigenvalue weighted by Crippen LogP contribution is -2.56. The minimum atomic E-state index is -0.837. The highest BCUT2D eigenvalue weighted by molar-refractivity contribution is 5.74. The third-order valence-electron chi connectivity index (χ3n) is 4.41. The number of amides is 2. The summed E-state index contributed by atoms with van der Waals surface area (Å²) in [5, 5.41) is 14.5. The van der Waals surface area contributed by atoms with Crippen LogP contribution < -0.4 is 15.4 Å². The number of carboxylic acids is 1. The molecule has 1 fully saturated rings. The largest absolute Gasteiger partial charge is 0.489 e. The third kappa shape index (κ3) is 6.18. The number of carbonyl (C=O) groups is 2. The van der Waals surface area contributed by atoms with Crippen LogP contribution in [0.1, 0.15) is 26.7 Å². The number of carbonyl (C=O) groups excluding carboxylic acids is 1. The van der Waals surface area contributed by atoms with Crippen LogP contribution in [0.15, 0.2) is 24.3 Å². The summed E-state index contributed by atoms with van der Waals surface area (Å²) >= 11 is 0. The van der Waals surface area contributed by atoms with Crippen LogP contribution in [-0.2, 0) is 4.79 Å². The van der Waals surface area contributed by atoms with Gasteiger partial charge in [-0.05, 0) is 50.6 Å². The maximum Gasteiger partial charge on any atom is 0.317 e. The summed E-state index contributed by atoms with van der Waals surface area (Å²) in [6.45, 7) is 4.76. The van der Waals surface area contributed by atoms with Gasteiger partial charge in [0.2, 0.25) is 0 Å². The monoisotopic (exact) mass is 367 g/mol. The van der Waals surface area contributed by atoms with Gasteiger partial charge in [0, 0.05) is 12.1 Å². The molecular weight excluding hydrogens is 341 g/mol. The van der Waals surface area contributed by atoms with Gasteiger partial charge in [-0.15, -0.1) is 0 Å². The molecule has 0 heterocycles. The van der Waals surface area contributed by atoms with Gasteiger partial charge in [0.05, 0.1) is 13.1 Å². The zero-order valence-corrected chi connectivity index (χ0v) is 15.1. The summed E-state index contributed by atoms with van der Waals surface area (Å²) in [5.41, 5.74) is 0. The van der Waals surface area contributed by atoms with E-state index in [0.29, 0.717) is 18.8 Å². The van der Waals surface area contributed by atoms with Crippen molar-refractivity contribution in [2.45, 2.75) is 44.9 Å². The molecule has 2 amide bonds. The van der Waals surface area contributed by atoms with Crippen LogP contribution >= 0.6 is 0 Å². The smallest absolute Gasteiger partial charge is 0.317 e. The fourth-order valence-corrected chi connectivity index (χ4v) is 2.94. The van der Waals surface area contributed by atoms with E-state index in [1.165, 1.54) is 24.3 Å². The number of carboxylic acid groups (broad SMARTS) is 1. The lowest BCUT2D eigenvalue weighted by atomic mass is 9.85. The number of urea groups is 1. The Morgan fingerprint density at radius 1 is 1.35 bits per heavy atom. The van der Waals surface area contributed by atoms with Crippen molar-refractivity contribution < 1.29 is 23.8 Å². The van der Waals surface area contributed by atoms with Crippen LogP contribution in [0.5, 0.6) is 5.75 Å². The highest BCUT2D eigenvalue weighted by Crippen LogP contribution is 2.25. The number of nitrogens with zero attached hydrogens (tertiary/aromatic N) is 1. The molecule has 0 spiro atoms. The molecule has 1 aromatic carbocycles. The molecule has 2 rings (SSSR count). The second kappa shape index (κ2) is 9.38. The summed E-state index contributed by atoms with van der Waals surface area (Å²) in [5.74, 6) is -0.622. The first-order valence-electron chi connectivity index (χ1n) is 8.79. The predicted molar refractivity (Wildman–Crippen MR) is 94.7 cm³/mol. The van der Waals surface area contributed by atoms with Gasteiger partial charge >= 0.3 is 12.0 Å². The molecule has 1 unspecified atom stereocenters. The quantitative estimate of drug-likeness (QED) is 0.619. The molecule has 1 saturated carbocycles. The number of hydrogen-bond acceptors (Lipinski definition) is 4. The lowest BCUT2D eigenvalue weighted by Gasteiger charge is -2.42. The number of hydrogen-bond donors (Lipinski definition) is 3. The van der Waals surface area contributed by atoms with Crippen molar-refractivity contribution in [3.8, 4) is 5.75 Å². The molecule has 0 aromatic heterocycles. The molecule has 1 aromatic rings. The second-order valence-electron chi connectivity index (χ2n) is 6.52. The van der Waals surface area contributed by atoms with Crippen LogP contribution in [0.2, 0.25) is 0 Å². The number of nitrogens with one attached hydrogen (secondary N) is 2. The molecule has 0 bridgehead atoms. The number of ether oxygens (including phenoxy) is 1. The van der Waals surface area contributed by atoms with E-state index >= 15 is 0 Å². The van der Waals surface area contributed by atoms with E-state index in [9.17, 15) is 14.0 Å². The number of likely N-dealkylation sites (N-methyl/N-ethyl adjacent to an activating group) is 1. The Morgan fingerprint density at radius 3 is 2.58 bits per heavy atom. The van der Waals surface area contributed by atoms with Gasteiger partial charge in [0.15, 0.2) is 0 Å². The predicted octanol–water partition coefficient (Wildman–Crippen LogP) is 1.83. The van der Waals surface area contributed by atoms with Gasteiger partial charge in [-0.2, -0.15) is 0 Å². The van der Waals surface area contributed by atoms with Crippen molar-refractivity contribution in [3.05, 3.63) is 30.1 Å². The Kier molecular flexibility index (Phi) is 7.20. The van der Waals surface area contributed by atoms with Gasteiger partial charge in [0.25, 0.3) is 0 Å². The lowest BCUT2D eigenvalue weighted by molar-refractivity contribution is -0.139. The van der Waals surface area contributed by atoms with Crippen molar-refractivity contribution >= 4 is 12.0 Å². The molecule has 3 N–H and O–H groups in total. The van der Waals surface area contributed by atoms with Gasteiger partial charge in [-0.3, -0.25) is 9.69 Å². The maximum atomic E-state index is 12.8. The molecule has 1 aliphatic carbocycles. The van der Waals surface area contributed by atoms with Crippen LogP contribution in [0.3, 0.4) is 0 Å². The number of rotatable bonds is 9. The van der Waals surface area contributed by atoms with E-state index in [-0.39, 0.29) is 36.6 Å². The van der Waals surface area contributed by atoms with Crippen molar-refractivity contribution in [2.24, 2.45) is 0 Å². The van der Waals surface area contributed by atoms with E-state index in [1.54, 1.807) is 0 Å². The van der Waals surface area contributed by atoms with Gasteiger partial charge in [-0.25, -0.2) is 9.18 Å². The first-order valence-corrected chi connectivity index (χ1v) is 8.79. The van der Waals surface area contributed by atoms with E-state index in [1.807, 2.05) is 18.7 Å². The Hall–Kier alpha value is -2.35. The molecule has 144 valence electrons. The highest BCUT2D eigenvalue weighted by Gasteiger charge is 2.34. The Morgan fingerprint density at radius 2 is 2.00 bits per heavy atom. The van der Waals surface area contributed by atoms with Gasteiger partial charge < -0.3 is 20.5 Å². The first kappa shape index (κ1) is 20.0. The summed E-state index contributed by atoms with van der Waals surface area (Å²) in [4.78, 5) is 24.7. The topological polar surface area (TPSA) is 90.9 Å². The molecule has 8 heteroatoms. The molecule has 0 radical (unpaired) electrons. The van der Waals surface area contributed by atoms with E-state index in [4.69, 9.17) is 9.84 Å². The van der Waals surface area contributed by atoms with E-state index < -0.39 is 5.97 Å². The molecular formula is C18H26FN3O4. The van der Waals surface area contributed by atoms with Crippen LogP contribution in [0.25, 0.3) is 0 Å². The molecule has 1 atom stereocenters. The summed E-state index contributed by atoms with van der Waals surface area (Å²) in [6.07, 6.45) is 1.23. The number of halogens is 1. The van der Waals surface area contributed by atoms with Crippen molar-refractivity contribution in [3.63, 3.8) is 0 Å². The molecule has 26 heavy (non-hydrogen) atoms. The van der Waals surface area contributed by atoms with Crippen molar-refractivity contribution in [1.29, 1.82) is 0 Å². The summed E-state index contributed by atoms with van der Waals surface area (Å²) in [7, 11) is 0. The Balaban J connectivity index is 1.63. The standard InChI is InChI=1S/C18H26FN3O4/c1-3-22(11-17(23)24)15-8-14(9-15)21-18(25)20-10-12(2)26-16-6-4-13(19)5-7-16/h4-7,12,14-15H,3,8-11H2,1-2H3,(H,23,24)(H2,20,21,25). The maximum absolute atomic E-state index is 12.8. The summed E-state index contributed by atoms with van der Waals surface area (Å²) in [6, 6.07) is 5.69. The van der Waals surface area contributed by atoms with Crippen LogP contribution in [-0.4, -0.2) is 59.8 Å². The Bertz CT molecular complexity index is 605. The number of aliphatic carboxylic acids is 1. The normalized spacial score (nSPS) is 20.2. The Labute approximate surface area is 152 Å². The SMILES string of the molecule is CCN(CC(=O)O)C1CC(NC(=O)NCC(C)Oc2ccc(F)cc2)C1. The van der Waals surface area contributed by atoms with Gasteiger partial charge in [0.1, 0.15) is 17.7 Å². The van der Waals surface area contributed by atoms with Crippen LogP contribution in [0.4, 0.5) is 9.18 Å². The fraction of sp³-hybridized carbons (Fsp3) is 0.556. The fourth-order valence-electron chi connectivity index (χ4n) is 2.94. The van der Waals surface area contributed by atoms with Gasteiger partial charge in [-0.1, -0.05) is 6.92 Å². The molecule has 0 aliphatic heterocycles. The minimum Gasteiger partial charge on any atom is -0.489 e. The zero-order chi connectivity index (χ0) is 19.1. The average molecular weight is 367 g/mol. The zero-order valence-electron chi connectivity index (χ0n) is 15.1. The summed E-state index contributed by atoms with van der Waals surface area (Å²) < 4.78 is 18.4. The average Bonchev–Trinajstić information content (AvgIpc) is 2.56. The van der Waals surface area contributed by atoms with E-state index in [2.05, 4.69) is 10.6 Å². The van der Waals surface area contributed by atoms with E-state index in [0.717, 1.165) is 12.8 Å². The highest BCUT2D eigenvalue weighted by atomic mass is 19.1. The van der Waals surface area contributed by atoms with Crippen LogP contribution in [0, 0.1) is 5.82 Å². The number of benzene rings is 1. The first-order chi connectivity index (χ1) is 12.4. The third-order valence-corrected chi connectivity index (χ3v) is 4.41. The van der Waals surface area contributed by atoms with Crippen molar-refractivity contribution in [1.82, 2.24) is 15.5 Å². The minimum absolute atomic E-state index is 0.0261. The molecule has 1 aliphatic rings. The molecule has 7 nitrogen and oxygen atoms in total. The van der Waals surface area contributed by atoms with Crippen molar-refractivity contribution in [2.75, 3.05) is 19.6 Å².